The molecule has 10 atom stereocenters. The van der Waals surface area contributed by atoms with E-state index in [1.165, 1.54) is 57.9 Å². The number of benzene rings is 2. The van der Waals surface area contributed by atoms with Crippen LogP contribution in [0.25, 0.3) is 21.8 Å². The fraction of sp³-hybridized carbons (Fsp3) is 0.537. The van der Waals surface area contributed by atoms with Crippen molar-refractivity contribution in [3.05, 3.63) is 76.1 Å². The van der Waals surface area contributed by atoms with Gasteiger partial charge in [-0.3, -0.25) is 14.6 Å². The zero-order chi connectivity index (χ0) is 33.7. The fourth-order valence-corrected chi connectivity index (χ4v) is 11.4. The Hall–Kier alpha value is -3.59. The molecule has 3 N–H and O–H groups in total. The molecular formula is C41H50N4O4. The fourth-order valence-electron chi connectivity index (χ4n) is 11.4. The first kappa shape index (κ1) is 31.4. The molecule has 258 valence electrons. The Morgan fingerprint density at radius 1 is 1.02 bits per heavy atom. The maximum Gasteiger partial charge on any atom is 0.310 e. The van der Waals surface area contributed by atoms with Gasteiger partial charge in [-0.05, 0) is 94.2 Å². The lowest BCUT2D eigenvalue weighted by molar-refractivity contribution is -0.151. The highest BCUT2D eigenvalue weighted by Gasteiger charge is 2.51. The molecule has 0 spiro atoms. The van der Waals surface area contributed by atoms with E-state index >= 15 is 0 Å². The number of aromatic nitrogens is 2. The molecule has 2 aliphatic carbocycles. The number of para-hydroxylation sites is 1. The van der Waals surface area contributed by atoms with Crippen LogP contribution in [0.15, 0.2) is 48.0 Å². The molecule has 6 aliphatic rings. The summed E-state index contributed by atoms with van der Waals surface area (Å²) < 4.78 is 11.9. The number of nitrogens with one attached hydrogen (secondary N) is 2. The van der Waals surface area contributed by atoms with Gasteiger partial charge in [-0.1, -0.05) is 29.8 Å². The van der Waals surface area contributed by atoms with Crippen LogP contribution in [-0.4, -0.2) is 89.9 Å². The van der Waals surface area contributed by atoms with Crippen LogP contribution < -0.4 is 4.74 Å². The molecule has 4 aromatic rings. The van der Waals surface area contributed by atoms with Crippen molar-refractivity contribution in [1.29, 1.82) is 0 Å². The number of carbonyl (C=O) groups is 1. The number of H-pyrrole nitrogens is 2. The van der Waals surface area contributed by atoms with Crippen LogP contribution in [-0.2, 0) is 22.4 Å². The van der Waals surface area contributed by atoms with Crippen molar-refractivity contribution in [1.82, 2.24) is 19.8 Å². The maximum atomic E-state index is 13.7. The summed E-state index contributed by atoms with van der Waals surface area (Å²) in [6, 6.07) is 13.7. The second kappa shape index (κ2) is 11.7. The average Bonchev–Trinajstić information content (AvgIpc) is 3.62. The summed E-state index contributed by atoms with van der Waals surface area (Å²) in [5, 5.41) is 13.3. The Morgan fingerprint density at radius 2 is 1.84 bits per heavy atom. The van der Waals surface area contributed by atoms with Crippen molar-refractivity contribution in [3.8, 4) is 5.75 Å². The predicted octanol–water partition coefficient (Wildman–Crippen LogP) is 6.13. The highest BCUT2D eigenvalue weighted by Crippen LogP contribution is 2.53. The number of aliphatic hydroxyl groups is 1. The Bertz CT molecular complexity index is 1970. The van der Waals surface area contributed by atoms with Gasteiger partial charge in [0.15, 0.2) is 0 Å². The van der Waals surface area contributed by atoms with Crippen molar-refractivity contribution in [2.75, 3.05) is 40.9 Å². The van der Waals surface area contributed by atoms with Crippen LogP contribution in [0.3, 0.4) is 0 Å². The second-order valence-electron chi connectivity index (χ2n) is 15.8. The van der Waals surface area contributed by atoms with Gasteiger partial charge >= 0.3 is 5.97 Å². The highest BCUT2D eigenvalue weighted by atomic mass is 16.5. The van der Waals surface area contributed by atoms with E-state index in [1.54, 1.807) is 7.11 Å². The van der Waals surface area contributed by atoms with Gasteiger partial charge in [0.25, 0.3) is 0 Å². The van der Waals surface area contributed by atoms with Gasteiger partial charge in [0, 0.05) is 88.2 Å². The number of nitrogens with zero attached hydrogens (tertiary/aromatic N) is 2. The second-order valence-corrected chi connectivity index (χ2v) is 15.8. The molecule has 8 nitrogen and oxygen atoms in total. The lowest BCUT2D eigenvalue weighted by Gasteiger charge is -2.54. The number of methoxy groups -OCH3 is 2. The van der Waals surface area contributed by atoms with E-state index < -0.39 is 0 Å². The van der Waals surface area contributed by atoms with Gasteiger partial charge in [0.2, 0.25) is 0 Å². The number of esters is 1. The molecule has 6 bridgehead atoms. The molecular weight excluding hydrogens is 612 g/mol. The Morgan fingerprint density at radius 3 is 2.61 bits per heavy atom. The lowest BCUT2D eigenvalue weighted by Crippen LogP contribution is -2.58. The number of aliphatic hydroxyl groups excluding tert-OH is 1. The number of likely N-dealkylation sites (tertiary alicyclic amines) is 1. The lowest BCUT2D eigenvalue weighted by atomic mass is 9.64. The molecule has 1 unspecified atom stereocenters. The molecule has 1 saturated carbocycles. The predicted molar refractivity (Wildman–Crippen MR) is 192 cm³/mol. The van der Waals surface area contributed by atoms with Gasteiger partial charge in [-0.15, -0.1) is 0 Å². The zero-order valence-corrected chi connectivity index (χ0v) is 29.5. The van der Waals surface area contributed by atoms with Crippen molar-refractivity contribution in [2.24, 2.45) is 23.7 Å². The van der Waals surface area contributed by atoms with Gasteiger partial charge < -0.3 is 24.5 Å². The van der Waals surface area contributed by atoms with Crippen LogP contribution in [0.4, 0.5) is 0 Å². The molecule has 4 aliphatic heterocycles. The van der Waals surface area contributed by atoms with E-state index in [4.69, 9.17) is 9.47 Å². The smallest absolute Gasteiger partial charge is 0.310 e. The molecule has 0 radical (unpaired) electrons. The third-order valence-corrected chi connectivity index (χ3v) is 13.5. The Balaban J connectivity index is 1.23. The Labute approximate surface area is 288 Å². The minimum absolute atomic E-state index is 0.0119. The number of ether oxygens (including phenoxy) is 2. The molecule has 2 aromatic carbocycles. The maximum absolute atomic E-state index is 13.7. The van der Waals surface area contributed by atoms with Crippen molar-refractivity contribution < 1.29 is 19.4 Å². The Kier molecular flexibility index (Phi) is 7.53. The molecule has 8 heteroatoms. The third-order valence-electron chi connectivity index (χ3n) is 13.5. The first-order chi connectivity index (χ1) is 23.8. The van der Waals surface area contributed by atoms with E-state index in [0.29, 0.717) is 23.8 Å². The number of likely N-dealkylation sites (N-methyl/N-ethyl adjacent to an activating group) is 1. The molecule has 2 aromatic heterocycles. The highest BCUT2D eigenvalue weighted by molar-refractivity contribution is 5.89. The summed E-state index contributed by atoms with van der Waals surface area (Å²) >= 11 is 0. The van der Waals surface area contributed by atoms with Crippen molar-refractivity contribution in [2.45, 2.75) is 76.0 Å². The summed E-state index contributed by atoms with van der Waals surface area (Å²) in [5.74, 6) is 1.91. The molecule has 49 heavy (non-hydrogen) atoms. The van der Waals surface area contributed by atoms with Crippen LogP contribution >= 0.6 is 0 Å². The molecule has 6 heterocycles. The SMILES string of the molecule is C/C=C1/CN(C)[C@H]2Cc3c([nH]c4ccccc34)[C@@H](c3cc4[nH]c5c(c4cc3OC)CCN3C[C@H]4C[C@H]([C@@H](C)O)[C@H]3[C@H]5C4)C[C@H]1[C@@H]2C(=O)OC. The zero-order valence-electron chi connectivity index (χ0n) is 29.5. The number of rotatable bonds is 4. The van der Waals surface area contributed by atoms with Crippen LogP contribution in [0, 0.1) is 23.7 Å². The van der Waals surface area contributed by atoms with Gasteiger partial charge in [0.05, 0.1) is 26.2 Å². The van der Waals surface area contributed by atoms with Gasteiger partial charge in [0.1, 0.15) is 5.75 Å². The summed E-state index contributed by atoms with van der Waals surface area (Å²) in [6.07, 6.45) is 6.80. The summed E-state index contributed by atoms with van der Waals surface area (Å²) in [7, 11) is 5.49. The summed E-state index contributed by atoms with van der Waals surface area (Å²) in [5.41, 5.74) is 10.1. The van der Waals surface area contributed by atoms with Crippen LogP contribution in [0.2, 0.25) is 0 Å². The first-order valence-electron chi connectivity index (χ1n) is 18.5. The quantitative estimate of drug-likeness (QED) is 0.180. The molecule has 3 saturated heterocycles. The first-order valence-corrected chi connectivity index (χ1v) is 18.5. The number of hydrogen-bond donors (Lipinski definition) is 3. The normalized spacial score (nSPS) is 33.8. The van der Waals surface area contributed by atoms with Crippen molar-refractivity contribution in [3.63, 3.8) is 0 Å². The van der Waals surface area contributed by atoms with E-state index in [9.17, 15) is 9.90 Å². The van der Waals surface area contributed by atoms with E-state index in [2.05, 4.69) is 76.2 Å². The van der Waals surface area contributed by atoms with Crippen LogP contribution in [0.1, 0.15) is 73.0 Å². The number of fused-ring (bicyclic) bond motifs is 9. The van der Waals surface area contributed by atoms with Gasteiger partial charge in [-0.25, -0.2) is 0 Å². The van der Waals surface area contributed by atoms with E-state index in [0.717, 1.165) is 62.1 Å². The number of piperidine rings is 3. The van der Waals surface area contributed by atoms with E-state index in [-0.39, 0.29) is 35.9 Å². The minimum atomic E-state index is -0.296. The van der Waals surface area contributed by atoms with Crippen molar-refractivity contribution >= 4 is 27.8 Å². The minimum Gasteiger partial charge on any atom is -0.496 e. The summed E-state index contributed by atoms with van der Waals surface area (Å²) in [6.45, 7) is 7.14. The van der Waals surface area contributed by atoms with Gasteiger partial charge in [-0.2, -0.15) is 0 Å². The number of aromatic amines is 2. The number of allylic oxidation sites excluding steroid dienone is 1. The van der Waals surface area contributed by atoms with Crippen LogP contribution in [0.5, 0.6) is 5.75 Å². The topological polar surface area (TPSA) is 93.8 Å². The average molecular weight is 663 g/mol. The number of hydrogen-bond acceptors (Lipinski definition) is 6. The molecule has 4 fully saturated rings. The third kappa shape index (κ3) is 4.70. The standard InChI is InChI=1S/C41H50N4O4/c1-6-23-20-44(3)35-17-31-24-9-7-8-10-33(24)42-39(31)30(15-27(23)37(35)41(47)49-5)29-16-34-28(18-36(29)48-4)25-11-12-45-19-22-13-26(21(2)46)40(45)32(14-22)38(25)43-34/h6-10,16,18,21-22,26-27,30,32,35,37,40,42-43,46H,11-15,17,19-20H2,1-5H3/b23-6-/t21-,22+,26-,27-,30-,32+,35+,37+,40+/m1/s1. The number of carbonyl (C=O) groups excluding carboxylic acids is 1. The molecule has 10 rings (SSSR count). The monoisotopic (exact) mass is 662 g/mol. The van der Waals surface area contributed by atoms with E-state index in [1.807, 2.05) is 6.92 Å². The largest absolute Gasteiger partial charge is 0.496 e. The molecule has 0 amide bonds. The summed E-state index contributed by atoms with van der Waals surface area (Å²) in [4.78, 5) is 26.7.